The lowest BCUT2D eigenvalue weighted by Crippen LogP contribution is -2.07. The second-order valence-corrected chi connectivity index (χ2v) is 4.88. The summed E-state index contributed by atoms with van der Waals surface area (Å²) in [4.78, 5) is 21.9. The van der Waals surface area contributed by atoms with Gasteiger partial charge in [-0.05, 0) is 33.6 Å². The van der Waals surface area contributed by atoms with Crippen LogP contribution in [0.3, 0.4) is 0 Å². The van der Waals surface area contributed by atoms with Crippen molar-refractivity contribution in [3.63, 3.8) is 0 Å². The summed E-state index contributed by atoms with van der Waals surface area (Å²) in [5.74, 6) is -0.0356. The fourth-order valence-corrected chi connectivity index (χ4v) is 2.42. The minimum absolute atomic E-state index is 0.0223. The van der Waals surface area contributed by atoms with Gasteiger partial charge in [-0.15, -0.1) is 0 Å². The third-order valence-electron chi connectivity index (χ3n) is 2.79. The van der Waals surface area contributed by atoms with Crippen LogP contribution in [0.15, 0.2) is 41.0 Å². The summed E-state index contributed by atoms with van der Waals surface area (Å²) >= 11 is 3.25. The molecule has 0 radical (unpaired) electrons. The van der Waals surface area contributed by atoms with Gasteiger partial charge in [-0.3, -0.25) is 14.9 Å². The molecule has 0 atom stereocenters. The van der Waals surface area contributed by atoms with Crippen LogP contribution in [0.4, 0.5) is 5.69 Å². The van der Waals surface area contributed by atoms with Gasteiger partial charge in [-0.25, -0.2) is 0 Å². The quantitative estimate of drug-likeness (QED) is 0.492. The van der Waals surface area contributed by atoms with Gasteiger partial charge in [0.05, 0.1) is 10.6 Å². The molecular weight excluding hydrogens is 312 g/mol. The summed E-state index contributed by atoms with van der Waals surface area (Å²) in [5.41, 5.74) is 1.36. The number of hydrogen-bond acceptors (Lipinski definition) is 3. The number of benzene rings is 1. The SMILES string of the molecule is CC(=O)c1cccn1Cc1cccc([N+](=O)[O-])c1Br. The van der Waals surface area contributed by atoms with Crippen molar-refractivity contribution >= 4 is 27.4 Å². The molecule has 2 rings (SSSR count). The number of ketones is 1. The number of Topliss-reactive ketones (excluding diaryl/α,β-unsaturated/α-hetero) is 1. The highest BCUT2D eigenvalue weighted by Crippen LogP contribution is 2.29. The zero-order chi connectivity index (χ0) is 14.0. The van der Waals surface area contributed by atoms with Crippen LogP contribution in [-0.2, 0) is 6.54 Å². The average molecular weight is 323 g/mol. The molecule has 0 aliphatic rings. The molecule has 19 heavy (non-hydrogen) atoms. The maximum Gasteiger partial charge on any atom is 0.283 e. The van der Waals surface area contributed by atoms with Crippen molar-refractivity contribution in [1.29, 1.82) is 0 Å². The molecular formula is C13H11BrN2O3. The maximum absolute atomic E-state index is 11.4. The lowest BCUT2D eigenvalue weighted by molar-refractivity contribution is -0.385. The van der Waals surface area contributed by atoms with Crippen molar-refractivity contribution in [3.05, 3.63) is 62.4 Å². The molecule has 0 saturated heterocycles. The van der Waals surface area contributed by atoms with Crippen molar-refractivity contribution in [2.24, 2.45) is 0 Å². The molecule has 0 amide bonds. The largest absolute Gasteiger partial charge is 0.341 e. The molecule has 0 N–H and O–H groups in total. The summed E-state index contributed by atoms with van der Waals surface area (Å²) in [5, 5.41) is 10.9. The fourth-order valence-electron chi connectivity index (χ4n) is 1.88. The van der Waals surface area contributed by atoms with Crippen LogP contribution in [0.25, 0.3) is 0 Å². The van der Waals surface area contributed by atoms with E-state index in [0.717, 1.165) is 5.56 Å². The van der Waals surface area contributed by atoms with Crippen molar-refractivity contribution in [2.45, 2.75) is 13.5 Å². The van der Waals surface area contributed by atoms with Gasteiger partial charge in [0.2, 0.25) is 0 Å². The summed E-state index contributed by atoms with van der Waals surface area (Å²) < 4.78 is 2.22. The molecule has 0 aliphatic heterocycles. The number of nitro groups is 1. The van der Waals surface area contributed by atoms with Crippen LogP contribution >= 0.6 is 15.9 Å². The minimum atomic E-state index is -0.435. The van der Waals surface area contributed by atoms with Crippen LogP contribution in [-0.4, -0.2) is 15.3 Å². The zero-order valence-electron chi connectivity index (χ0n) is 10.2. The molecule has 5 nitrogen and oxygen atoms in total. The Kier molecular flexibility index (Phi) is 3.80. The smallest absolute Gasteiger partial charge is 0.283 e. The highest BCUT2D eigenvalue weighted by molar-refractivity contribution is 9.10. The van der Waals surface area contributed by atoms with Crippen LogP contribution < -0.4 is 0 Å². The first kappa shape index (κ1) is 13.5. The van der Waals surface area contributed by atoms with E-state index in [1.807, 2.05) is 0 Å². The monoisotopic (exact) mass is 322 g/mol. The normalized spacial score (nSPS) is 10.4. The second-order valence-electron chi connectivity index (χ2n) is 4.08. The summed E-state index contributed by atoms with van der Waals surface area (Å²) in [6, 6.07) is 8.38. The predicted molar refractivity (Wildman–Crippen MR) is 74.3 cm³/mol. The number of carbonyl (C=O) groups excluding carboxylic acids is 1. The Labute approximate surface area is 118 Å². The highest BCUT2D eigenvalue weighted by Gasteiger charge is 2.16. The van der Waals surface area contributed by atoms with Crippen LogP contribution in [0, 0.1) is 10.1 Å². The third kappa shape index (κ3) is 2.73. The van der Waals surface area contributed by atoms with Gasteiger partial charge in [-0.1, -0.05) is 12.1 Å². The minimum Gasteiger partial charge on any atom is -0.341 e. The Balaban J connectivity index is 2.39. The van der Waals surface area contributed by atoms with Gasteiger partial charge in [0.1, 0.15) is 4.47 Å². The molecule has 0 fully saturated rings. The molecule has 0 bridgehead atoms. The van der Waals surface area contributed by atoms with Crippen LogP contribution in [0.2, 0.25) is 0 Å². The lowest BCUT2D eigenvalue weighted by atomic mass is 10.2. The van der Waals surface area contributed by atoms with Crippen molar-refractivity contribution in [3.8, 4) is 0 Å². The van der Waals surface area contributed by atoms with Crippen molar-refractivity contribution < 1.29 is 9.72 Å². The molecule has 1 heterocycles. The van der Waals surface area contributed by atoms with Gasteiger partial charge in [0, 0.05) is 25.7 Å². The zero-order valence-corrected chi connectivity index (χ0v) is 11.8. The van der Waals surface area contributed by atoms with Crippen molar-refractivity contribution in [1.82, 2.24) is 4.57 Å². The van der Waals surface area contributed by atoms with E-state index in [0.29, 0.717) is 16.7 Å². The number of halogens is 1. The first-order valence-corrected chi connectivity index (χ1v) is 6.38. The van der Waals surface area contributed by atoms with E-state index in [1.54, 1.807) is 35.0 Å². The summed E-state index contributed by atoms with van der Waals surface area (Å²) in [7, 11) is 0. The topological polar surface area (TPSA) is 65.1 Å². The Morgan fingerprint density at radius 2 is 2.11 bits per heavy atom. The van der Waals surface area contributed by atoms with Crippen LogP contribution in [0.1, 0.15) is 23.0 Å². The van der Waals surface area contributed by atoms with E-state index in [9.17, 15) is 14.9 Å². The second kappa shape index (κ2) is 5.36. The lowest BCUT2D eigenvalue weighted by Gasteiger charge is -2.09. The van der Waals surface area contributed by atoms with E-state index in [1.165, 1.54) is 13.0 Å². The first-order valence-electron chi connectivity index (χ1n) is 5.58. The molecule has 0 saturated carbocycles. The highest BCUT2D eigenvalue weighted by atomic mass is 79.9. The van der Waals surface area contributed by atoms with Gasteiger partial charge in [-0.2, -0.15) is 0 Å². The average Bonchev–Trinajstić information content (AvgIpc) is 2.79. The first-order chi connectivity index (χ1) is 9.00. The van der Waals surface area contributed by atoms with Gasteiger partial charge in [0.15, 0.2) is 5.78 Å². The van der Waals surface area contributed by atoms with Crippen LogP contribution in [0.5, 0.6) is 0 Å². The van der Waals surface area contributed by atoms with E-state index < -0.39 is 4.92 Å². The Bertz CT molecular complexity index is 649. The molecule has 0 unspecified atom stereocenters. The van der Waals surface area contributed by atoms with Gasteiger partial charge < -0.3 is 4.57 Å². The number of nitrogens with zero attached hydrogens (tertiary/aromatic N) is 2. The number of carbonyl (C=O) groups is 1. The number of rotatable bonds is 4. The third-order valence-corrected chi connectivity index (χ3v) is 3.70. The Morgan fingerprint density at radius 1 is 1.37 bits per heavy atom. The number of hydrogen-bond donors (Lipinski definition) is 0. The molecule has 98 valence electrons. The van der Waals surface area contributed by atoms with E-state index >= 15 is 0 Å². The summed E-state index contributed by atoms with van der Waals surface area (Å²) in [6.07, 6.45) is 1.78. The fraction of sp³-hybridized carbons (Fsp3) is 0.154. The van der Waals surface area contributed by atoms with E-state index in [-0.39, 0.29) is 11.5 Å². The van der Waals surface area contributed by atoms with E-state index in [4.69, 9.17) is 0 Å². The van der Waals surface area contributed by atoms with Crippen molar-refractivity contribution in [2.75, 3.05) is 0 Å². The molecule has 1 aromatic carbocycles. The number of nitro benzene ring substituents is 1. The predicted octanol–water partition coefficient (Wildman–Crippen LogP) is 3.41. The maximum atomic E-state index is 11.4. The Hall–Kier alpha value is -1.95. The van der Waals surface area contributed by atoms with E-state index in [2.05, 4.69) is 15.9 Å². The molecule has 0 aliphatic carbocycles. The molecule has 1 aromatic heterocycles. The van der Waals surface area contributed by atoms with Gasteiger partial charge >= 0.3 is 0 Å². The molecule has 2 aromatic rings. The number of aromatic nitrogens is 1. The molecule has 0 spiro atoms. The standard InChI is InChI=1S/C13H11BrN2O3/c1-9(17)11-6-3-7-15(11)8-10-4-2-5-12(13(10)14)16(18)19/h2-7H,8H2,1H3. The summed E-state index contributed by atoms with van der Waals surface area (Å²) in [6.45, 7) is 1.90. The molecule has 6 heteroatoms. The Morgan fingerprint density at radius 3 is 2.74 bits per heavy atom. The van der Waals surface area contributed by atoms with Gasteiger partial charge in [0.25, 0.3) is 5.69 Å².